The van der Waals surface area contributed by atoms with E-state index in [0.717, 1.165) is 83.5 Å². The molecule has 12 rings (SSSR count). The zero-order chi connectivity index (χ0) is 40.3. The maximum absolute atomic E-state index is 5.54. The predicted octanol–water partition coefficient (Wildman–Crippen LogP) is 14.8. The lowest BCUT2D eigenvalue weighted by molar-refractivity contribution is 1.18. The third-order valence-corrected chi connectivity index (χ3v) is 12.0. The van der Waals surface area contributed by atoms with Crippen LogP contribution in [0, 0.1) is 0 Å². The zero-order valence-corrected chi connectivity index (χ0v) is 33.1. The van der Waals surface area contributed by atoms with E-state index in [1.807, 2.05) is 18.2 Å². The molecule has 0 amide bonds. The Labute approximate surface area is 352 Å². The summed E-state index contributed by atoms with van der Waals surface area (Å²) in [6, 6.07) is 77.3. The van der Waals surface area contributed by atoms with Crippen molar-refractivity contribution in [2.24, 2.45) is 0 Å². The molecule has 0 aliphatic carbocycles. The fourth-order valence-corrected chi connectivity index (χ4v) is 9.09. The van der Waals surface area contributed by atoms with E-state index in [1.165, 1.54) is 26.9 Å². The van der Waals surface area contributed by atoms with Gasteiger partial charge in [0.1, 0.15) is 0 Å². The maximum Gasteiger partial charge on any atom is 0.160 e. The van der Waals surface area contributed by atoms with Crippen LogP contribution >= 0.6 is 0 Å². The van der Waals surface area contributed by atoms with Crippen LogP contribution in [0.1, 0.15) is 0 Å². The molecule has 0 saturated carbocycles. The molecule has 0 aliphatic rings. The summed E-state index contributed by atoms with van der Waals surface area (Å²) in [6.07, 6.45) is 0. The highest BCUT2D eigenvalue weighted by Gasteiger charge is 2.20. The SMILES string of the molecule is c1ccc(-c2nc(-c3ccc(-c4ccc5c(c4)c4ccc6c7ccccc7c(-c7ccccc7)nc6c4n5-c4ccccc4)cc3)cc(-c3cccc4ccccc34)n2)cc1. The van der Waals surface area contributed by atoms with Crippen molar-refractivity contribution in [2.75, 3.05) is 0 Å². The topological polar surface area (TPSA) is 43.6 Å². The summed E-state index contributed by atoms with van der Waals surface area (Å²) < 4.78 is 2.39. The summed E-state index contributed by atoms with van der Waals surface area (Å²) in [7, 11) is 0. The van der Waals surface area contributed by atoms with E-state index in [-0.39, 0.29) is 0 Å². The largest absolute Gasteiger partial charge is 0.307 e. The van der Waals surface area contributed by atoms with Gasteiger partial charge in [-0.05, 0) is 57.6 Å². The molecule has 0 atom stereocenters. The van der Waals surface area contributed by atoms with E-state index < -0.39 is 0 Å². The second-order valence-corrected chi connectivity index (χ2v) is 15.6. The Morgan fingerprint density at radius 2 is 0.934 bits per heavy atom. The van der Waals surface area contributed by atoms with E-state index >= 15 is 0 Å². The number of benzene rings is 9. The first-order chi connectivity index (χ1) is 30.2. The quantitative estimate of drug-likeness (QED) is 0.158. The molecule has 3 heterocycles. The molecule has 61 heavy (non-hydrogen) atoms. The molecule has 4 nitrogen and oxygen atoms in total. The lowest BCUT2D eigenvalue weighted by Gasteiger charge is -2.13. The van der Waals surface area contributed by atoms with Crippen molar-refractivity contribution in [3.63, 3.8) is 0 Å². The van der Waals surface area contributed by atoms with Gasteiger partial charge in [-0.25, -0.2) is 15.0 Å². The third kappa shape index (κ3) is 5.88. The van der Waals surface area contributed by atoms with Crippen LogP contribution in [-0.4, -0.2) is 19.5 Å². The highest BCUT2D eigenvalue weighted by Crippen LogP contribution is 2.42. The average molecular weight is 777 g/mol. The van der Waals surface area contributed by atoms with Gasteiger partial charge in [0.2, 0.25) is 0 Å². The van der Waals surface area contributed by atoms with Crippen molar-refractivity contribution in [2.45, 2.75) is 0 Å². The minimum Gasteiger partial charge on any atom is -0.307 e. The van der Waals surface area contributed by atoms with Crippen molar-refractivity contribution in [1.82, 2.24) is 19.5 Å². The highest BCUT2D eigenvalue weighted by atomic mass is 15.0. The summed E-state index contributed by atoms with van der Waals surface area (Å²) in [6.45, 7) is 0. The van der Waals surface area contributed by atoms with E-state index in [2.05, 4.69) is 205 Å². The van der Waals surface area contributed by atoms with E-state index in [9.17, 15) is 0 Å². The van der Waals surface area contributed by atoms with Crippen LogP contribution in [0.25, 0.3) is 116 Å². The Balaban J connectivity index is 1.02. The first kappa shape index (κ1) is 34.8. The number of para-hydroxylation sites is 1. The first-order valence-corrected chi connectivity index (χ1v) is 20.7. The third-order valence-electron chi connectivity index (χ3n) is 12.0. The fourth-order valence-electron chi connectivity index (χ4n) is 9.09. The fraction of sp³-hybridized carbons (Fsp3) is 0. The Kier molecular flexibility index (Phi) is 8.13. The minimum absolute atomic E-state index is 0.705. The first-order valence-electron chi connectivity index (χ1n) is 20.7. The summed E-state index contributed by atoms with van der Waals surface area (Å²) in [4.78, 5) is 15.8. The highest BCUT2D eigenvalue weighted by molar-refractivity contribution is 6.23. The number of hydrogen-bond acceptors (Lipinski definition) is 3. The van der Waals surface area contributed by atoms with Crippen molar-refractivity contribution in [1.29, 1.82) is 0 Å². The lowest BCUT2D eigenvalue weighted by Crippen LogP contribution is -1.96. The predicted molar refractivity (Wildman–Crippen MR) is 254 cm³/mol. The molecule has 9 aromatic carbocycles. The molecule has 4 heteroatoms. The van der Waals surface area contributed by atoms with Crippen LogP contribution in [0.2, 0.25) is 0 Å². The molecule has 0 spiro atoms. The van der Waals surface area contributed by atoms with Gasteiger partial charge in [-0.2, -0.15) is 0 Å². The van der Waals surface area contributed by atoms with Crippen LogP contribution in [0.3, 0.4) is 0 Å². The summed E-state index contributed by atoms with van der Waals surface area (Å²) in [5, 5.41) is 8.19. The van der Waals surface area contributed by atoms with E-state index in [4.69, 9.17) is 15.0 Å². The van der Waals surface area contributed by atoms with Crippen molar-refractivity contribution >= 4 is 54.3 Å². The normalized spacial score (nSPS) is 11.6. The maximum atomic E-state index is 5.54. The Hall–Kier alpha value is -8.21. The van der Waals surface area contributed by atoms with E-state index in [1.54, 1.807) is 0 Å². The van der Waals surface area contributed by atoms with Crippen LogP contribution in [0.5, 0.6) is 0 Å². The Bertz CT molecular complexity index is 3610. The molecular weight excluding hydrogens is 741 g/mol. The average Bonchev–Trinajstić information content (AvgIpc) is 3.68. The van der Waals surface area contributed by atoms with Crippen LogP contribution < -0.4 is 0 Å². The van der Waals surface area contributed by atoms with Gasteiger partial charge in [-0.15, -0.1) is 0 Å². The molecule has 0 fully saturated rings. The summed E-state index contributed by atoms with van der Waals surface area (Å²) >= 11 is 0. The number of nitrogens with zero attached hydrogens (tertiary/aromatic N) is 4. The Morgan fingerprint density at radius 3 is 1.72 bits per heavy atom. The molecule has 0 radical (unpaired) electrons. The van der Waals surface area contributed by atoms with Gasteiger partial charge in [-0.3, -0.25) is 0 Å². The molecule has 3 aromatic heterocycles. The van der Waals surface area contributed by atoms with Crippen molar-refractivity contribution in [3.05, 3.63) is 218 Å². The van der Waals surface area contributed by atoms with Gasteiger partial charge in [0.25, 0.3) is 0 Å². The van der Waals surface area contributed by atoms with Gasteiger partial charge in [0, 0.05) is 49.5 Å². The van der Waals surface area contributed by atoms with Crippen molar-refractivity contribution < 1.29 is 0 Å². The molecule has 0 aliphatic heterocycles. The molecule has 0 saturated heterocycles. The van der Waals surface area contributed by atoms with Crippen LogP contribution in [0.15, 0.2) is 218 Å². The summed E-state index contributed by atoms with van der Waals surface area (Å²) in [5.41, 5.74) is 13.6. The van der Waals surface area contributed by atoms with Gasteiger partial charge >= 0.3 is 0 Å². The summed E-state index contributed by atoms with van der Waals surface area (Å²) in [5.74, 6) is 0.705. The molecule has 0 unspecified atom stereocenters. The smallest absolute Gasteiger partial charge is 0.160 e. The zero-order valence-electron chi connectivity index (χ0n) is 33.1. The van der Waals surface area contributed by atoms with Gasteiger partial charge in [-0.1, -0.05) is 188 Å². The van der Waals surface area contributed by atoms with Crippen molar-refractivity contribution in [3.8, 4) is 62.0 Å². The molecule has 284 valence electrons. The second-order valence-electron chi connectivity index (χ2n) is 15.6. The number of fused-ring (bicyclic) bond motifs is 8. The molecule has 0 N–H and O–H groups in total. The number of rotatable bonds is 6. The second kappa shape index (κ2) is 14.3. The number of aromatic nitrogens is 4. The standard InChI is InChI=1S/C57H36N4/c1-4-16-40(17-5-1)54-47-25-13-12-24-45(47)48-32-33-49-50-35-42(31-34-53(50)61(56(49)55(48)60-54)43-21-8-3-9-22-43)37-27-29-39(30-28-37)51-36-52(59-57(58-51)41-18-6-2-7-19-41)46-26-14-20-38-15-10-11-23-44(38)46/h1-36H. The molecule has 12 aromatic rings. The molecule has 0 bridgehead atoms. The van der Waals surface area contributed by atoms with Crippen LogP contribution in [0.4, 0.5) is 0 Å². The minimum atomic E-state index is 0.705. The van der Waals surface area contributed by atoms with Crippen LogP contribution in [-0.2, 0) is 0 Å². The van der Waals surface area contributed by atoms with Gasteiger partial charge in [0.05, 0.1) is 33.6 Å². The molecular formula is C57H36N4. The van der Waals surface area contributed by atoms with Gasteiger partial charge < -0.3 is 4.57 Å². The Morgan fingerprint density at radius 1 is 0.328 bits per heavy atom. The van der Waals surface area contributed by atoms with Gasteiger partial charge in [0.15, 0.2) is 5.82 Å². The van der Waals surface area contributed by atoms with E-state index in [0.29, 0.717) is 5.82 Å². The number of pyridine rings is 1. The monoisotopic (exact) mass is 776 g/mol. The lowest BCUT2D eigenvalue weighted by atomic mass is 9.98. The number of hydrogen-bond donors (Lipinski definition) is 0.